The van der Waals surface area contributed by atoms with Crippen molar-refractivity contribution in [3.8, 4) is 5.75 Å². The smallest absolute Gasteiger partial charge is 0.313 e. The number of aliphatic hydroxyl groups is 2. The molecule has 1 fully saturated rings. The predicted molar refractivity (Wildman–Crippen MR) is 156 cm³/mol. The average molecular weight is 530 g/mol. The molecule has 39 heavy (non-hydrogen) atoms. The van der Waals surface area contributed by atoms with E-state index in [1.165, 1.54) is 0 Å². The highest BCUT2D eigenvalue weighted by molar-refractivity contribution is 5.74. The van der Waals surface area contributed by atoms with Gasteiger partial charge < -0.3 is 19.8 Å². The Morgan fingerprint density at radius 1 is 0.974 bits per heavy atom. The van der Waals surface area contributed by atoms with Crippen LogP contribution in [0.4, 0.5) is 0 Å². The van der Waals surface area contributed by atoms with Crippen molar-refractivity contribution < 1.29 is 19.7 Å². The average Bonchev–Trinajstić information content (AvgIpc) is 2.97. The van der Waals surface area contributed by atoms with Crippen LogP contribution in [0.2, 0.25) is 0 Å². The molecule has 1 unspecified atom stereocenters. The highest BCUT2D eigenvalue weighted by Gasteiger charge is 2.41. The molecule has 3 aromatic carbocycles. The number of hydrogen-bond acceptors (Lipinski definition) is 5. The summed E-state index contributed by atoms with van der Waals surface area (Å²) < 4.78 is 5.65. The van der Waals surface area contributed by atoms with Crippen molar-refractivity contribution in [2.75, 3.05) is 19.6 Å². The zero-order valence-electron chi connectivity index (χ0n) is 23.6. The maximum absolute atomic E-state index is 12.3. The lowest BCUT2D eigenvalue weighted by atomic mass is 9.72. The molecular formula is C34H43NO4. The summed E-state index contributed by atoms with van der Waals surface area (Å²) in [7, 11) is 0. The van der Waals surface area contributed by atoms with E-state index >= 15 is 0 Å². The summed E-state index contributed by atoms with van der Waals surface area (Å²) in [4.78, 5) is 14.7. The molecule has 0 bridgehead atoms. The number of esters is 1. The van der Waals surface area contributed by atoms with Crippen LogP contribution in [0, 0.1) is 11.8 Å². The van der Waals surface area contributed by atoms with Crippen molar-refractivity contribution in [2.45, 2.75) is 64.6 Å². The molecule has 0 saturated carbocycles. The van der Waals surface area contributed by atoms with E-state index < -0.39 is 11.7 Å². The first kappa shape index (κ1) is 29.0. The normalized spacial score (nSPS) is 15.8. The molecule has 1 aliphatic rings. The van der Waals surface area contributed by atoms with Gasteiger partial charge in [0.15, 0.2) is 0 Å². The molecule has 0 aromatic heterocycles. The Bertz CT molecular complexity index is 1150. The van der Waals surface area contributed by atoms with Crippen LogP contribution in [0.15, 0.2) is 78.9 Å². The Labute approximate surface area is 233 Å². The number of carbonyl (C=O) groups excluding carboxylic acids is 1. The van der Waals surface area contributed by atoms with Gasteiger partial charge in [0.25, 0.3) is 0 Å². The number of aliphatic hydroxyl groups excluding tert-OH is 1. The molecule has 0 aliphatic carbocycles. The van der Waals surface area contributed by atoms with E-state index in [9.17, 15) is 15.0 Å². The maximum Gasteiger partial charge on any atom is 0.313 e. The van der Waals surface area contributed by atoms with Gasteiger partial charge in [0.1, 0.15) is 11.4 Å². The van der Waals surface area contributed by atoms with Crippen LogP contribution >= 0.6 is 0 Å². The topological polar surface area (TPSA) is 70.0 Å². The van der Waals surface area contributed by atoms with Crippen LogP contribution in [-0.2, 0) is 16.8 Å². The van der Waals surface area contributed by atoms with Crippen LogP contribution < -0.4 is 4.74 Å². The lowest BCUT2D eigenvalue weighted by Gasteiger charge is -2.42. The molecular weight excluding hydrogens is 486 g/mol. The largest absolute Gasteiger partial charge is 0.426 e. The van der Waals surface area contributed by atoms with Crippen molar-refractivity contribution in [3.63, 3.8) is 0 Å². The van der Waals surface area contributed by atoms with Crippen LogP contribution in [-0.4, -0.2) is 40.7 Å². The molecule has 5 nitrogen and oxygen atoms in total. The third kappa shape index (κ3) is 6.96. The summed E-state index contributed by atoms with van der Waals surface area (Å²) in [6, 6.07) is 25.8. The van der Waals surface area contributed by atoms with Crippen LogP contribution in [0.3, 0.4) is 0 Å². The third-order valence-electron chi connectivity index (χ3n) is 8.09. The second kappa shape index (κ2) is 13.4. The zero-order valence-corrected chi connectivity index (χ0v) is 23.6. The van der Waals surface area contributed by atoms with Gasteiger partial charge in [0, 0.05) is 5.56 Å². The predicted octanol–water partition coefficient (Wildman–Crippen LogP) is 6.27. The van der Waals surface area contributed by atoms with Gasteiger partial charge in [0.2, 0.25) is 0 Å². The van der Waals surface area contributed by atoms with E-state index in [0.29, 0.717) is 17.7 Å². The summed E-state index contributed by atoms with van der Waals surface area (Å²) in [5.41, 5.74) is 2.63. The lowest BCUT2D eigenvalue weighted by molar-refractivity contribution is -0.137. The van der Waals surface area contributed by atoms with E-state index in [-0.39, 0.29) is 17.8 Å². The molecule has 208 valence electrons. The summed E-state index contributed by atoms with van der Waals surface area (Å²) in [5.74, 6) is 0.0806. The first-order valence-electron chi connectivity index (χ1n) is 14.4. The van der Waals surface area contributed by atoms with Gasteiger partial charge in [-0.25, -0.2) is 0 Å². The first-order valence-corrected chi connectivity index (χ1v) is 14.4. The minimum absolute atomic E-state index is 0.124. The zero-order chi connectivity index (χ0) is 27.8. The minimum atomic E-state index is -1.01. The molecule has 3 aromatic rings. The fourth-order valence-corrected chi connectivity index (χ4v) is 5.65. The summed E-state index contributed by atoms with van der Waals surface area (Å²) >= 11 is 0. The summed E-state index contributed by atoms with van der Waals surface area (Å²) in [6.07, 6.45) is 3.37. The number of aryl methyl sites for hydroxylation is 1. The van der Waals surface area contributed by atoms with Crippen LogP contribution in [0.1, 0.15) is 74.8 Å². The number of hydrogen-bond donors (Lipinski definition) is 2. The lowest BCUT2D eigenvalue weighted by Crippen LogP contribution is -2.44. The van der Waals surface area contributed by atoms with Crippen molar-refractivity contribution in [2.24, 2.45) is 11.8 Å². The van der Waals surface area contributed by atoms with E-state index in [0.717, 1.165) is 62.0 Å². The van der Waals surface area contributed by atoms with E-state index in [2.05, 4.69) is 11.8 Å². The highest BCUT2D eigenvalue weighted by atomic mass is 16.5. The number of ether oxygens (including phenoxy) is 1. The summed E-state index contributed by atoms with van der Waals surface area (Å²) in [5, 5.41) is 23.1. The molecule has 1 atom stereocenters. The van der Waals surface area contributed by atoms with Crippen molar-refractivity contribution >= 4 is 5.97 Å². The maximum atomic E-state index is 12.3. The molecule has 1 saturated heterocycles. The molecule has 0 amide bonds. The third-order valence-corrected chi connectivity index (χ3v) is 8.09. The van der Waals surface area contributed by atoms with Gasteiger partial charge in [0.05, 0.1) is 12.0 Å². The Hall–Kier alpha value is -2.99. The van der Waals surface area contributed by atoms with E-state index in [1.807, 2.05) is 92.7 Å². The number of nitrogens with zero attached hydrogens (tertiary/aromatic N) is 1. The van der Waals surface area contributed by atoms with Gasteiger partial charge in [-0.15, -0.1) is 0 Å². The molecule has 0 radical (unpaired) electrons. The SMILES string of the molecule is CCc1ccc(C(O)CCCN2CCC(C(O)(c3ccccc3)c3ccccc3)CC2)c(OC(=O)C(C)C)c1. The Balaban J connectivity index is 1.35. The van der Waals surface area contributed by atoms with Gasteiger partial charge in [-0.2, -0.15) is 0 Å². The number of benzene rings is 3. The quantitative estimate of drug-likeness (QED) is 0.226. The Kier molecular flexibility index (Phi) is 9.95. The van der Waals surface area contributed by atoms with Gasteiger partial charge >= 0.3 is 5.97 Å². The Morgan fingerprint density at radius 2 is 1.56 bits per heavy atom. The Morgan fingerprint density at radius 3 is 2.10 bits per heavy atom. The van der Waals surface area contributed by atoms with Gasteiger partial charge in [-0.3, -0.25) is 4.79 Å². The molecule has 5 heteroatoms. The van der Waals surface area contributed by atoms with Crippen molar-refractivity contribution in [1.82, 2.24) is 4.90 Å². The van der Waals surface area contributed by atoms with Crippen molar-refractivity contribution in [1.29, 1.82) is 0 Å². The van der Waals surface area contributed by atoms with Crippen molar-refractivity contribution in [3.05, 3.63) is 101 Å². The van der Waals surface area contributed by atoms with Gasteiger partial charge in [-0.1, -0.05) is 93.6 Å². The monoisotopic (exact) mass is 529 g/mol. The fourth-order valence-electron chi connectivity index (χ4n) is 5.65. The highest BCUT2D eigenvalue weighted by Crippen LogP contribution is 2.42. The van der Waals surface area contributed by atoms with Crippen LogP contribution in [0.5, 0.6) is 5.75 Å². The summed E-state index contributed by atoms with van der Waals surface area (Å²) in [6.45, 7) is 8.38. The van der Waals surface area contributed by atoms with Gasteiger partial charge in [-0.05, 0) is 80.4 Å². The van der Waals surface area contributed by atoms with E-state index in [4.69, 9.17) is 4.74 Å². The first-order chi connectivity index (χ1) is 18.8. The molecule has 0 spiro atoms. The minimum Gasteiger partial charge on any atom is -0.426 e. The number of likely N-dealkylation sites (tertiary alicyclic amines) is 1. The standard InChI is InChI=1S/C34H43NO4/c1-4-26-17-18-30(32(24-26)39-33(37)25(2)3)31(36)16-11-21-35-22-19-29(20-23-35)34(38,27-12-7-5-8-13-27)28-14-9-6-10-15-28/h5-10,12-15,17-18,24-25,29,31,36,38H,4,11,16,19-23H2,1-3H3. The second-order valence-corrected chi connectivity index (χ2v) is 11.1. The molecule has 4 rings (SSSR count). The fraction of sp³-hybridized carbons (Fsp3) is 0.441. The number of piperidine rings is 1. The number of carbonyl (C=O) groups is 1. The number of rotatable bonds is 11. The van der Waals surface area contributed by atoms with E-state index in [1.54, 1.807) is 0 Å². The van der Waals surface area contributed by atoms with Crippen LogP contribution in [0.25, 0.3) is 0 Å². The molecule has 1 aliphatic heterocycles. The molecule has 2 N–H and O–H groups in total. The second-order valence-electron chi connectivity index (χ2n) is 11.1. The molecule has 1 heterocycles.